The quantitative estimate of drug-likeness (QED) is 0.474. The van der Waals surface area contributed by atoms with Gasteiger partial charge in [-0.1, -0.05) is 0 Å². The number of carbonyl (C=O) groups excluding carboxylic acids is 3. The molecule has 1 saturated heterocycles. The van der Waals surface area contributed by atoms with Crippen LogP contribution < -0.4 is 0 Å². The molecular weight excluding hydrogens is 322 g/mol. The summed E-state index contributed by atoms with van der Waals surface area (Å²) < 4.78 is 26.8. The molecule has 1 aliphatic rings. The van der Waals surface area contributed by atoms with Crippen molar-refractivity contribution in [2.45, 2.75) is 51.4 Å². The van der Waals surface area contributed by atoms with Gasteiger partial charge in [0.05, 0.1) is 0 Å². The number of nitrogens with zero attached hydrogens (tertiary/aromatic N) is 1. The van der Waals surface area contributed by atoms with Crippen LogP contribution in [0.5, 0.6) is 0 Å². The zero-order valence-electron chi connectivity index (χ0n) is 14.8. The number of likely N-dealkylation sites (N-methyl/N-ethyl adjacent to an activating group) is 1. The first-order valence-corrected chi connectivity index (χ1v) is 7.49. The topological polar surface area (TPSA) is 101 Å². The molecule has 0 N–H and O–H groups in total. The Hall–Kier alpha value is -1.71. The summed E-state index contributed by atoms with van der Waals surface area (Å²) in [5, 5.41) is 0. The third kappa shape index (κ3) is 5.43. The second kappa shape index (κ2) is 8.95. The van der Waals surface area contributed by atoms with Crippen LogP contribution in [0.2, 0.25) is 0 Å². The van der Waals surface area contributed by atoms with Crippen LogP contribution in [-0.2, 0) is 38.1 Å². The van der Waals surface area contributed by atoms with Crippen LogP contribution in [0, 0.1) is 0 Å². The van der Waals surface area contributed by atoms with Crippen molar-refractivity contribution < 1.29 is 38.1 Å². The van der Waals surface area contributed by atoms with Gasteiger partial charge in [0.25, 0.3) is 0 Å². The average Bonchev–Trinajstić information content (AvgIpc) is 2.45. The van der Waals surface area contributed by atoms with Crippen molar-refractivity contribution in [2.75, 3.05) is 27.8 Å². The number of hydrogen-bond acceptors (Lipinski definition) is 9. The molecule has 5 atom stereocenters. The van der Waals surface area contributed by atoms with Gasteiger partial charge in [-0.3, -0.25) is 19.3 Å². The van der Waals surface area contributed by atoms with E-state index in [2.05, 4.69) is 0 Å². The van der Waals surface area contributed by atoms with E-state index in [9.17, 15) is 14.4 Å². The first-order valence-electron chi connectivity index (χ1n) is 7.49. The number of hydrogen-bond donors (Lipinski definition) is 0. The first kappa shape index (κ1) is 20.3. The number of ether oxygens (including phenoxy) is 5. The fraction of sp³-hybridized carbons (Fsp3) is 0.800. The summed E-state index contributed by atoms with van der Waals surface area (Å²) in [5.74, 6) is -1.61. The summed E-state index contributed by atoms with van der Waals surface area (Å²) in [6.45, 7) is 3.59. The molecule has 24 heavy (non-hydrogen) atoms. The number of rotatable bonds is 6. The number of methoxy groups -OCH3 is 1. The third-order valence-corrected chi connectivity index (χ3v) is 3.50. The predicted octanol–water partition coefficient (Wildman–Crippen LogP) is -0.286. The second-order valence-corrected chi connectivity index (χ2v) is 5.68. The van der Waals surface area contributed by atoms with Crippen LogP contribution in [-0.4, -0.2) is 81.3 Å². The fourth-order valence-electron chi connectivity index (χ4n) is 2.62. The minimum absolute atomic E-state index is 0.162. The molecule has 1 aliphatic heterocycles. The molecule has 1 heterocycles. The minimum Gasteiger partial charge on any atom is -0.463 e. The highest BCUT2D eigenvalue weighted by atomic mass is 16.7. The van der Waals surface area contributed by atoms with Gasteiger partial charge in [0, 0.05) is 27.9 Å². The molecule has 0 spiro atoms. The van der Waals surface area contributed by atoms with Crippen molar-refractivity contribution >= 4 is 17.9 Å². The summed E-state index contributed by atoms with van der Waals surface area (Å²) in [5.41, 5.74) is 0. The van der Waals surface area contributed by atoms with Gasteiger partial charge in [-0.25, -0.2) is 0 Å². The van der Waals surface area contributed by atoms with Gasteiger partial charge in [-0.15, -0.1) is 0 Å². The van der Waals surface area contributed by atoms with E-state index in [1.165, 1.54) is 27.9 Å². The molecule has 0 radical (unpaired) electrons. The molecule has 0 amide bonds. The lowest BCUT2D eigenvalue weighted by atomic mass is 9.95. The van der Waals surface area contributed by atoms with Crippen LogP contribution >= 0.6 is 0 Å². The Labute approximate surface area is 141 Å². The molecule has 9 nitrogen and oxygen atoms in total. The molecule has 0 bridgehead atoms. The van der Waals surface area contributed by atoms with Crippen LogP contribution in [0.1, 0.15) is 20.8 Å². The largest absolute Gasteiger partial charge is 0.463 e. The Balaban J connectivity index is 3.16. The molecule has 1 rings (SSSR count). The number of esters is 3. The smallest absolute Gasteiger partial charge is 0.303 e. The van der Waals surface area contributed by atoms with Crippen molar-refractivity contribution in [2.24, 2.45) is 0 Å². The van der Waals surface area contributed by atoms with Gasteiger partial charge in [-0.05, 0) is 14.1 Å². The summed E-state index contributed by atoms with van der Waals surface area (Å²) in [7, 11) is 4.96. The molecule has 5 unspecified atom stereocenters. The van der Waals surface area contributed by atoms with Crippen molar-refractivity contribution in [1.82, 2.24) is 4.90 Å². The van der Waals surface area contributed by atoms with Crippen molar-refractivity contribution in [3.8, 4) is 0 Å². The summed E-state index contributed by atoms with van der Waals surface area (Å²) in [4.78, 5) is 35.9. The lowest BCUT2D eigenvalue weighted by Crippen LogP contribution is -2.65. The summed E-state index contributed by atoms with van der Waals surface area (Å²) in [6, 6.07) is -0.517. The van der Waals surface area contributed by atoms with E-state index in [1.54, 1.807) is 19.0 Å². The van der Waals surface area contributed by atoms with Crippen molar-refractivity contribution in [1.29, 1.82) is 0 Å². The van der Waals surface area contributed by atoms with Crippen LogP contribution in [0.3, 0.4) is 0 Å². The van der Waals surface area contributed by atoms with E-state index >= 15 is 0 Å². The molecule has 138 valence electrons. The lowest BCUT2D eigenvalue weighted by Gasteiger charge is -2.46. The van der Waals surface area contributed by atoms with E-state index in [-0.39, 0.29) is 6.61 Å². The zero-order valence-corrected chi connectivity index (χ0v) is 14.8. The van der Waals surface area contributed by atoms with E-state index < -0.39 is 48.6 Å². The zero-order chi connectivity index (χ0) is 18.4. The van der Waals surface area contributed by atoms with Crippen LogP contribution in [0.15, 0.2) is 0 Å². The Morgan fingerprint density at radius 3 is 1.92 bits per heavy atom. The maximum atomic E-state index is 11.5. The van der Waals surface area contributed by atoms with Gasteiger partial charge in [-0.2, -0.15) is 0 Å². The maximum Gasteiger partial charge on any atom is 0.303 e. The van der Waals surface area contributed by atoms with Crippen molar-refractivity contribution in [3.63, 3.8) is 0 Å². The van der Waals surface area contributed by atoms with Crippen molar-refractivity contribution in [3.05, 3.63) is 0 Å². The van der Waals surface area contributed by atoms with Gasteiger partial charge in [0.1, 0.15) is 18.8 Å². The molecule has 0 saturated carbocycles. The Morgan fingerprint density at radius 1 is 0.958 bits per heavy atom. The Kier molecular flexibility index (Phi) is 7.59. The van der Waals surface area contributed by atoms with Gasteiger partial charge >= 0.3 is 17.9 Å². The van der Waals surface area contributed by atoms with E-state index in [4.69, 9.17) is 23.7 Å². The predicted molar refractivity (Wildman–Crippen MR) is 80.9 cm³/mol. The molecule has 1 fully saturated rings. The van der Waals surface area contributed by atoms with Crippen LogP contribution in [0.4, 0.5) is 0 Å². The van der Waals surface area contributed by atoms with E-state index in [0.717, 1.165) is 0 Å². The molecule has 0 aromatic heterocycles. The fourth-order valence-corrected chi connectivity index (χ4v) is 2.62. The van der Waals surface area contributed by atoms with E-state index in [1.807, 2.05) is 0 Å². The average molecular weight is 347 g/mol. The maximum absolute atomic E-state index is 11.5. The SMILES string of the molecule is COC1OC(COC(C)=O)C(OC(C)=O)C(OC(C)=O)C1N(C)C. The molecule has 9 heteroatoms. The van der Waals surface area contributed by atoms with Gasteiger partial charge < -0.3 is 23.7 Å². The molecular formula is C15H25NO8. The molecule has 0 aromatic carbocycles. The standard InChI is InChI=1S/C15H25NO8/c1-8(17)21-7-11-13(22-9(2)18)14(23-10(3)19)12(16(4)5)15(20-6)24-11/h11-15H,7H2,1-6H3. The summed E-state index contributed by atoms with van der Waals surface area (Å²) >= 11 is 0. The first-order chi connectivity index (χ1) is 11.2. The lowest BCUT2D eigenvalue weighted by molar-refractivity contribution is -0.284. The molecule has 0 aromatic rings. The highest BCUT2D eigenvalue weighted by Gasteiger charge is 2.51. The highest BCUT2D eigenvalue weighted by molar-refractivity contribution is 5.67. The second-order valence-electron chi connectivity index (χ2n) is 5.68. The number of carbonyl (C=O) groups is 3. The minimum atomic E-state index is -0.940. The van der Waals surface area contributed by atoms with Crippen LogP contribution in [0.25, 0.3) is 0 Å². The normalized spacial score (nSPS) is 29.9. The van der Waals surface area contributed by atoms with E-state index in [0.29, 0.717) is 0 Å². The third-order valence-electron chi connectivity index (χ3n) is 3.50. The van der Waals surface area contributed by atoms with Gasteiger partial charge in [0.2, 0.25) is 0 Å². The molecule has 0 aliphatic carbocycles. The van der Waals surface area contributed by atoms with Gasteiger partial charge in [0.15, 0.2) is 18.5 Å². The summed E-state index contributed by atoms with van der Waals surface area (Å²) in [6.07, 6.45) is -3.38. The Bertz CT molecular complexity index is 466. The monoisotopic (exact) mass is 347 g/mol. The highest BCUT2D eigenvalue weighted by Crippen LogP contribution is 2.29. The Morgan fingerprint density at radius 2 is 1.50 bits per heavy atom.